The van der Waals surface area contributed by atoms with E-state index in [-0.39, 0.29) is 30.3 Å². The maximum Gasteiger partial charge on any atom is 0.247 e. The number of H-pyrrole nitrogens is 1. The molecule has 2 N–H and O–H groups in total. The topological polar surface area (TPSA) is 74.4 Å². The molecule has 0 spiro atoms. The molecule has 0 aliphatic heterocycles. The molecule has 2 aliphatic carbocycles. The highest BCUT2D eigenvalue weighted by Crippen LogP contribution is 2.36. The fourth-order valence-electron chi connectivity index (χ4n) is 5.19. The van der Waals surface area contributed by atoms with Crippen LogP contribution in [-0.4, -0.2) is 40.9 Å². The van der Waals surface area contributed by atoms with Crippen molar-refractivity contribution in [2.24, 2.45) is 0 Å². The van der Waals surface area contributed by atoms with E-state index in [1.807, 2.05) is 59.6 Å². The maximum atomic E-state index is 13.8. The lowest BCUT2D eigenvalue weighted by Gasteiger charge is -2.33. The molecule has 34 heavy (non-hydrogen) atoms. The Morgan fingerprint density at radius 1 is 1.03 bits per heavy atom. The second kappa shape index (κ2) is 9.92. The lowest BCUT2D eigenvalue weighted by Crippen LogP contribution is -2.48. The van der Waals surface area contributed by atoms with E-state index in [2.05, 4.69) is 10.3 Å². The SMILES string of the molecule is COc1ccc(C(C(=O)NC2CCCCC2)N(C(=O)Cc2c[nH]c3ccccc23)C2CC2)cc1. The minimum atomic E-state index is -0.641. The number of hydrogen-bond donors (Lipinski definition) is 2. The number of nitrogens with zero attached hydrogens (tertiary/aromatic N) is 1. The van der Waals surface area contributed by atoms with Gasteiger partial charge in [0.15, 0.2) is 0 Å². The van der Waals surface area contributed by atoms with Gasteiger partial charge in [-0.2, -0.15) is 0 Å². The van der Waals surface area contributed by atoms with Gasteiger partial charge >= 0.3 is 0 Å². The van der Waals surface area contributed by atoms with E-state index in [1.54, 1.807) is 7.11 Å². The summed E-state index contributed by atoms with van der Waals surface area (Å²) in [5.74, 6) is 0.654. The Bertz CT molecular complexity index is 1140. The summed E-state index contributed by atoms with van der Waals surface area (Å²) in [6.07, 6.45) is 9.58. The summed E-state index contributed by atoms with van der Waals surface area (Å²) in [6.45, 7) is 0. The summed E-state index contributed by atoms with van der Waals surface area (Å²) < 4.78 is 5.33. The first-order chi connectivity index (χ1) is 16.6. The Labute approximate surface area is 200 Å². The molecule has 1 heterocycles. The minimum absolute atomic E-state index is 0.00753. The van der Waals surface area contributed by atoms with Gasteiger partial charge in [0.1, 0.15) is 11.8 Å². The molecule has 0 bridgehead atoms. The van der Waals surface area contributed by atoms with E-state index in [0.29, 0.717) is 0 Å². The Balaban J connectivity index is 1.44. The van der Waals surface area contributed by atoms with E-state index in [9.17, 15) is 9.59 Å². The van der Waals surface area contributed by atoms with Crippen molar-refractivity contribution in [3.63, 3.8) is 0 Å². The number of amides is 2. The molecule has 178 valence electrons. The predicted octanol–water partition coefficient (Wildman–Crippen LogP) is 4.90. The van der Waals surface area contributed by atoms with Gasteiger partial charge in [0.25, 0.3) is 0 Å². The number of benzene rings is 2. The van der Waals surface area contributed by atoms with Gasteiger partial charge in [0, 0.05) is 29.2 Å². The molecule has 1 aromatic heterocycles. The zero-order valence-electron chi connectivity index (χ0n) is 19.8. The molecule has 1 atom stereocenters. The molecule has 2 aliphatic rings. The van der Waals surface area contributed by atoms with Crippen molar-refractivity contribution in [2.75, 3.05) is 7.11 Å². The van der Waals surface area contributed by atoms with Crippen LogP contribution in [-0.2, 0) is 16.0 Å². The average Bonchev–Trinajstić information content (AvgIpc) is 3.63. The zero-order valence-corrected chi connectivity index (χ0v) is 19.8. The highest BCUT2D eigenvalue weighted by molar-refractivity contribution is 5.93. The van der Waals surface area contributed by atoms with Crippen LogP contribution in [0.2, 0.25) is 0 Å². The summed E-state index contributed by atoms with van der Waals surface area (Å²) in [5.41, 5.74) is 2.81. The molecule has 2 amide bonds. The molecule has 6 heteroatoms. The Kier molecular flexibility index (Phi) is 6.57. The first kappa shape index (κ1) is 22.5. The number of methoxy groups -OCH3 is 1. The van der Waals surface area contributed by atoms with E-state index in [0.717, 1.165) is 66.3 Å². The Morgan fingerprint density at radius 2 is 1.76 bits per heavy atom. The van der Waals surface area contributed by atoms with Crippen molar-refractivity contribution < 1.29 is 14.3 Å². The summed E-state index contributed by atoms with van der Waals surface area (Å²) >= 11 is 0. The fraction of sp³-hybridized carbons (Fsp3) is 0.429. The van der Waals surface area contributed by atoms with Crippen molar-refractivity contribution in [2.45, 2.75) is 69.5 Å². The standard InChI is InChI=1S/C28H33N3O3/c1-34-23-15-11-19(12-16-23)27(28(33)30-21-7-3-2-4-8-21)31(22-13-14-22)26(32)17-20-18-29-25-10-6-5-9-24(20)25/h5-6,9-12,15-16,18,21-22,27,29H,2-4,7-8,13-14,17H2,1H3,(H,30,33). The lowest BCUT2D eigenvalue weighted by atomic mass is 9.94. The molecule has 6 nitrogen and oxygen atoms in total. The third-order valence-corrected chi connectivity index (χ3v) is 7.15. The lowest BCUT2D eigenvalue weighted by molar-refractivity contribution is -0.141. The van der Waals surface area contributed by atoms with E-state index in [1.165, 1.54) is 6.42 Å². The van der Waals surface area contributed by atoms with Crippen LogP contribution in [0.3, 0.4) is 0 Å². The van der Waals surface area contributed by atoms with Gasteiger partial charge in [-0.05, 0) is 55.0 Å². The zero-order chi connectivity index (χ0) is 23.5. The average molecular weight is 460 g/mol. The Morgan fingerprint density at radius 3 is 2.47 bits per heavy atom. The number of nitrogens with one attached hydrogen (secondary N) is 2. The molecule has 2 aromatic carbocycles. The normalized spacial score (nSPS) is 17.3. The number of carbonyl (C=O) groups is 2. The van der Waals surface area contributed by atoms with Crippen molar-refractivity contribution >= 4 is 22.7 Å². The summed E-state index contributed by atoms with van der Waals surface area (Å²) in [4.78, 5) is 32.6. The number of carbonyl (C=O) groups excluding carboxylic acids is 2. The highest BCUT2D eigenvalue weighted by Gasteiger charge is 2.41. The van der Waals surface area contributed by atoms with Crippen LogP contribution in [0.25, 0.3) is 10.9 Å². The third kappa shape index (κ3) is 4.81. The van der Waals surface area contributed by atoms with E-state index in [4.69, 9.17) is 4.74 Å². The minimum Gasteiger partial charge on any atom is -0.497 e. The molecule has 0 radical (unpaired) electrons. The van der Waals surface area contributed by atoms with Gasteiger partial charge in [-0.15, -0.1) is 0 Å². The number of rotatable bonds is 8. The largest absolute Gasteiger partial charge is 0.497 e. The van der Waals surface area contributed by atoms with Crippen LogP contribution in [0.15, 0.2) is 54.7 Å². The number of aromatic amines is 1. The second-order valence-electron chi connectivity index (χ2n) is 9.59. The smallest absolute Gasteiger partial charge is 0.247 e. The number of para-hydroxylation sites is 1. The summed E-state index contributed by atoms with van der Waals surface area (Å²) in [5, 5.41) is 4.34. The first-order valence-electron chi connectivity index (χ1n) is 12.4. The first-order valence-corrected chi connectivity index (χ1v) is 12.4. The predicted molar refractivity (Wildman–Crippen MR) is 133 cm³/mol. The van der Waals surface area contributed by atoms with Gasteiger partial charge in [-0.3, -0.25) is 9.59 Å². The summed E-state index contributed by atoms with van der Waals surface area (Å²) in [6, 6.07) is 15.2. The number of ether oxygens (including phenoxy) is 1. The van der Waals surface area contributed by atoms with Gasteiger partial charge in [0.05, 0.1) is 13.5 Å². The monoisotopic (exact) mass is 459 g/mol. The number of aromatic nitrogens is 1. The molecular formula is C28H33N3O3. The van der Waals surface area contributed by atoms with Crippen LogP contribution < -0.4 is 10.1 Å². The Hall–Kier alpha value is -3.28. The van der Waals surface area contributed by atoms with Gasteiger partial charge in [-0.1, -0.05) is 49.6 Å². The fourth-order valence-corrected chi connectivity index (χ4v) is 5.19. The van der Waals surface area contributed by atoms with Crippen LogP contribution in [0, 0.1) is 0 Å². The van der Waals surface area contributed by atoms with Gasteiger partial charge in [-0.25, -0.2) is 0 Å². The highest BCUT2D eigenvalue weighted by atomic mass is 16.5. The quantitative estimate of drug-likeness (QED) is 0.503. The van der Waals surface area contributed by atoms with Crippen molar-refractivity contribution in [3.8, 4) is 5.75 Å². The van der Waals surface area contributed by atoms with E-state index >= 15 is 0 Å². The van der Waals surface area contributed by atoms with Gasteiger partial charge < -0.3 is 19.9 Å². The van der Waals surface area contributed by atoms with Crippen LogP contribution in [0.5, 0.6) is 5.75 Å². The summed E-state index contributed by atoms with van der Waals surface area (Å²) in [7, 11) is 1.63. The maximum absolute atomic E-state index is 13.8. The van der Waals surface area contributed by atoms with Crippen molar-refractivity contribution in [1.29, 1.82) is 0 Å². The van der Waals surface area contributed by atoms with Crippen molar-refractivity contribution in [3.05, 3.63) is 65.9 Å². The molecular weight excluding hydrogens is 426 g/mol. The van der Waals surface area contributed by atoms with Gasteiger partial charge in [0.2, 0.25) is 11.8 Å². The van der Waals surface area contributed by atoms with Crippen LogP contribution >= 0.6 is 0 Å². The molecule has 1 unspecified atom stereocenters. The third-order valence-electron chi connectivity index (χ3n) is 7.15. The second-order valence-corrected chi connectivity index (χ2v) is 9.59. The van der Waals surface area contributed by atoms with E-state index < -0.39 is 6.04 Å². The molecule has 3 aromatic rings. The molecule has 2 saturated carbocycles. The van der Waals surface area contributed by atoms with Crippen LogP contribution in [0.4, 0.5) is 0 Å². The molecule has 2 fully saturated rings. The number of fused-ring (bicyclic) bond motifs is 1. The molecule has 0 saturated heterocycles. The number of hydrogen-bond acceptors (Lipinski definition) is 3. The molecule has 5 rings (SSSR count). The van der Waals surface area contributed by atoms with Crippen LogP contribution in [0.1, 0.15) is 62.1 Å². The van der Waals surface area contributed by atoms with Crippen molar-refractivity contribution in [1.82, 2.24) is 15.2 Å².